The van der Waals surface area contributed by atoms with Crippen molar-refractivity contribution in [3.63, 3.8) is 0 Å². The second kappa shape index (κ2) is 13.9. The molecule has 0 saturated carbocycles. The number of nitrogens with two attached hydrogens (primary N) is 2. The SMILES string of the molecule is NC(CC1C=CC=C1)C(=O)NCCCN1C(=O)c2ccc3c4c(ccc(c24)C1=O)C(=O)N(CCCNC(=O)C(N)CC1C=CC=C1)C3=O. The average molecular weight is 651 g/mol. The van der Waals surface area contributed by atoms with Gasteiger partial charge in [-0.1, -0.05) is 48.6 Å². The third kappa shape index (κ3) is 6.36. The number of hydrogen-bond acceptors (Lipinski definition) is 8. The molecule has 2 unspecified atom stereocenters. The van der Waals surface area contributed by atoms with E-state index in [0.717, 1.165) is 9.80 Å². The van der Waals surface area contributed by atoms with Crippen molar-refractivity contribution in [2.75, 3.05) is 26.2 Å². The average Bonchev–Trinajstić information content (AvgIpc) is 3.80. The molecule has 4 aliphatic rings. The third-order valence-electron chi connectivity index (χ3n) is 9.16. The molecule has 2 heterocycles. The fourth-order valence-corrected chi connectivity index (χ4v) is 6.61. The molecular formula is C36H38N6O6. The lowest BCUT2D eigenvalue weighted by molar-refractivity contribution is -0.123. The molecule has 0 bridgehead atoms. The summed E-state index contributed by atoms with van der Waals surface area (Å²) in [7, 11) is 0. The first kappa shape index (κ1) is 32.7. The van der Waals surface area contributed by atoms with E-state index in [1.807, 2.05) is 48.6 Å². The summed E-state index contributed by atoms with van der Waals surface area (Å²) in [5.74, 6) is -2.48. The highest BCUT2D eigenvalue weighted by Crippen LogP contribution is 2.38. The number of carbonyl (C=O) groups excluding carboxylic acids is 6. The van der Waals surface area contributed by atoms with Crippen molar-refractivity contribution < 1.29 is 28.8 Å². The highest BCUT2D eigenvalue weighted by atomic mass is 16.2. The van der Waals surface area contributed by atoms with Crippen molar-refractivity contribution >= 4 is 46.2 Å². The molecule has 2 aliphatic carbocycles. The van der Waals surface area contributed by atoms with Crippen molar-refractivity contribution in [2.24, 2.45) is 23.3 Å². The van der Waals surface area contributed by atoms with E-state index < -0.39 is 35.7 Å². The van der Waals surface area contributed by atoms with E-state index in [2.05, 4.69) is 10.6 Å². The zero-order chi connectivity index (χ0) is 33.9. The quantitative estimate of drug-likeness (QED) is 0.177. The van der Waals surface area contributed by atoms with E-state index in [4.69, 9.17) is 11.5 Å². The minimum atomic E-state index is -0.680. The second-order valence-corrected chi connectivity index (χ2v) is 12.4. The maximum absolute atomic E-state index is 13.5. The molecule has 12 heteroatoms. The topological polar surface area (TPSA) is 185 Å². The Labute approximate surface area is 277 Å². The molecule has 0 aromatic heterocycles. The number of carbonyl (C=O) groups is 6. The van der Waals surface area contributed by atoms with Gasteiger partial charge in [0.1, 0.15) is 0 Å². The van der Waals surface area contributed by atoms with Gasteiger partial charge in [0.2, 0.25) is 11.8 Å². The predicted molar refractivity (Wildman–Crippen MR) is 179 cm³/mol. The van der Waals surface area contributed by atoms with Crippen molar-refractivity contribution in [3.05, 3.63) is 95.1 Å². The van der Waals surface area contributed by atoms with Crippen LogP contribution >= 0.6 is 0 Å². The minimum Gasteiger partial charge on any atom is -0.355 e. The molecule has 2 aromatic carbocycles. The summed E-state index contributed by atoms with van der Waals surface area (Å²) in [5, 5.41) is 6.14. The number of hydrogen-bond donors (Lipinski definition) is 4. The first-order valence-corrected chi connectivity index (χ1v) is 16.2. The Hall–Kier alpha value is -5.20. The Bertz CT molecular complexity index is 1600. The van der Waals surface area contributed by atoms with Crippen LogP contribution in [0.2, 0.25) is 0 Å². The van der Waals surface area contributed by atoms with E-state index in [9.17, 15) is 28.8 Å². The van der Waals surface area contributed by atoms with Crippen molar-refractivity contribution in [2.45, 2.75) is 37.8 Å². The van der Waals surface area contributed by atoms with E-state index in [-0.39, 0.29) is 72.1 Å². The molecular weight excluding hydrogens is 612 g/mol. The molecule has 0 fully saturated rings. The number of amides is 6. The van der Waals surface area contributed by atoms with Crippen molar-refractivity contribution in [1.29, 1.82) is 0 Å². The van der Waals surface area contributed by atoms with Crippen LogP contribution in [0.5, 0.6) is 0 Å². The van der Waals surface area contributed by atoms with Gasteiger partial charge in [0, 0.05) is 59.2 Å². The van der Waals surface area contributed by atoms with Gasteiger partial charge in [-0.3, -0.25) is 38.6 Å². The summed E-state index contributed by atoms with van der Waals surface area (Å²) < 4.78 is 0. The number of imide groups is 2. The number of allylic oxidation sites excluding steroid dienone is 8. The van der Waals surface area contributed by atoms with Gasteiger partial charge in [0.25, 0.3) is 23.6 Å². The lowest BCUT2D eigenvalue weighted by Crippen LogP contribution is -2.45. The highest BCUT2D eigenvalue weighted by Gasteiger charge is 2.39. The summed E-state index contributed by atoms with van der Waals surface area (Å²) in [5.41, 5.74) is 13.0. The Morgan fingerprint density at radius 1 is 0.583 bits per heavy atom. The van der Waals surface area contributed by atoms with Gasteiger partial charge in [0.05, 0.1) is 12.1 Å². The molecule has 6 amide bonds. The molecule has 2 aromatic rings. The van der Waals surface area contributed by atoms with Crippen LogP contribution in [0.1, 0.15) is 67.1 Å². The molecule has 48 heavy (non-hydrogen) atoms. The van der Waals surface area contributed by atoms with Crippen LogP contribution in [0.15, 0.2) is 72.9 Å². The summed E-state index contributed by atoms with van der Waals surface area (Å²) in [4.78, 5) is 81.2. The standard InChI is InChI=1S/C36H38N6O6/c37-27(19-21-7-1-2-8-21)31(43)39-15-5-17-41-33(45)23-11-13-25-30-26(14-12-24(29(23)30)34(41)46)36(48)42(35(25)47)18-6-16-40-32(44)28(38)20-22-9-3-4-10-22/h1-4,7-14,21-22,27-28H,5-6,15-20,37-38H2,(H,39,43)(H,40,44). The maximum atomic E-state index is 13.5. The first-order chi connectivity index (χ1) is 23.2. The van der Waals surface area contributed by atoms with Crippen LogP contribution in [-0.4, -0.2) is 83.5 Å². The van der Waals surface area contributed by atoms with E-state index in [1.165, 1.54) is 24.3 Å². The molecule has 6 N–H and O–H groups in total. The second-order valence-electron chi connectivity index (χ2n) is 12.4. The first-order valence-electron chi connectivity index (χ1n) is 16.2. The Morgan fingerprint density at radius 2 is 0.896 bits per heavy atom. The largest absolute Gasteiger partial charge is 0.355 e. The fourth-order valence-electron chi connectivity index (χ4n) is 6.61. The third-order valence-corrected chi connectivity index (χ3v) is 9.16. The lowest BCUT2D eigenvalue weighted by Gasteiger charge is -2.32. The fraction of sp³-hybridized carbons (Fsp3) is 0.333. The molecule has 0 spiro atoms. The predicted octanol–water partition coefficient (Wildman–Crippen LogP) is 1.96. The van der Waals surface area contributed by atoms with Crippen LogP contribution in [0.3, 0.4) is 0 Å². The number of benzene rings is 2. The minimum absolute atomic E-state index is 0.0630. The molecule has 2 aliphatic heterocycles. The zero-order valence-corrected chi connectivity index (χ0v) is 26.4. The van der Waals surface area contributed by atoms with Crippen LogP contribution in [0, 0.1) is 11.8 Å². The Kier molecular flexibility index (Phi) is 9.47. The number of nitrogens with one attached hydrogen (secondary N) is 2. The maximum Gasteiger partial charge on any atom is 0.261 e. The zero-order valence-electron chi connectivity index (χ0n) is 26.4. The number of nitrogens with zero attached hydrogens (tertiary/aromatic N) is 2. The molecule has 2 atom stereocenters. The van der Waals surface area contributed by atoms with Gasteiger partial charge in [-0.15, -0.1) is 0 Å². The monoisotopic (exact) mass is 650 g/mol. The summed E-state index contributed by atoms with van der Waals surface area (Å²) in [6.45, 7) is 0.580. The summed E-state index contributed by atoms with van der Waals surface area (Å²) >= 11 is 0. The molecule has 12 nitrogen and oxygen atoms in total. The molecule has 248 valence electrons. The van der Waals surface area contributed by atoms with E-state index in [0.29, 0.717) is 36.5 Å². The summed E-state index contributed by atoms with van der Waals surface area (Å²) in [6, 6.07) is 4.70. The van der Waals surface area contributed by atoms with Crippen molar-refractivity contribution in [3.8, 4) is 0 Å². The van der Waals surface area contributed by atoms with E-state index >= 15 is 0 Å². The lowest BCUT2D eigenvalue weighted by atomic mass is 9.86. The van der Waals surface area contributed by atoms with Gasteiger partial charge < -0.3 is 22.1 Å². The molecule has 0 radical (unpaired) electrons. The van der Waals surface area contributed by atoms with Crippen LogP contribution in [0.4, 0.5) is 0 Å². The highest BCUT2D eigenvalue weighted by molar-refractivity contribution is 6.33. The molecule has 6 rings (SSSR count). The van der Waals surface area contributed by atoms with Crippen LogP contribution in [0.25, 0.3) is 10.8 Å². The van der Waals surface area contributed by atoms with Crippen LogP contribution < -0.4 is 22.1 Å². The van der Waals surface area contributed by atoms with Crippen molar-refractivity contribution in [1.82, 2.24) is 20.4 Å². The van der Waals surface area contributed by atoms with E-state index in [1.54, 1.807) is 0 Å². The molecule has 0 saturated heterocycles. The van der Waals surface area contributed by atoms with Gasteiger partial charge in [0.15, 0.2) is 0 Å². The number of rotatable bonds is 14. The van der Waals surface area contributed by atoms with Gasteiger partial charge in [-0.2, -0.15) is 0 Å². The van der Waals surface area contributed by atoms with Gasteiger partial charge >= 0.3 is 0 Å². The van der Waals surface area contributed by atoms with Gasteiger partial charge in [-0.25, -0.2) is 0 Å². The smallest absolute Gasteiger partial charge is 0.261 e. The Morgan fingerprint density at radius 3 is 1.21 bits per heavy atom. The Balaban J connectivity index is 1.07. The normalized spacial score (nSPS) is 18.0. The van der Waals surface area contributed by atoms with Gasteiger partial charge in [-0.05, 0) is 61.8 Å². The van der Waals surface area contributed by atoms with Crippen LogP contribution in [-0.2, 0) is 9.59 Å². The summed E-state index contributed by atoms with van der Waals surface area (Å²) in [6.07, 6.45) is 17.2.